The number of fused-ring (bicyclic) bond motifs is 5. The monoisotopic (exact) mass is 556 g/mol. The molecule has 2 aromatic rings. The van der Waals surface area contributed by atoms with Crippen LogP contribution in [0.4, 0.5) is 0 Å². The maximum absolute atomic E-state index is 13.4. The number of esters is 3. The van der Waals surface area contributed by atoms with E-state index in [0.29, 0.717) is 23.5 Å². The van der Waals surface area contributed by atoms with Crippen LogP contribution in [-0.2, 0) is 19.0 Å². The van der Waals surface area contributed by atoms with Crippen molar-refractivity contribution in [2.75, 3.05) is 0 Å². The van der Waals surface area contributed by atoms with Gasteiger partial charge in [-0.15, -0.1) is 0 Å². The number of carbonyl (C=O) groups is 3. The smallest absolute Gasteiger partial charge is 0.338 e. The molecule has 0 N–H and O–H groups in total. The molecule has 2 aromatic carbocycles. The Hall–Kier alpha value is -3.41. The lowest BCUT2D eigenvalue weighted by Gasteiger charge is -2.59. The van der Waals surface area contributed by atoms with E-state index in [1.165, 1.54) is 12.5 Å². The van der Waals surface area contributed by atoms with Crippen molar-refractivity contribution in [2.24, 2.45) is 28.6 Å². The fourth-order valence-corrected chi connectivity index (χ4v) is 8.72. The quantitative estimate of drug-likeness (QED) is 0.225. The zero-order chi connectivity index (χ0) is 28.8. The largest absolute Gasteiger partial charge is 0.462 e. The first kappa shape index (κ1) is 27.7. The molecular weight excluding hydrogens is 516 g/mol. The molecule has 0 amide bonds. The second-order valence-corrected chi connectivity index (χ2v) is 13.0. The van der Waals surface area contributed by atoms with Crippen LogP contribution in [0.1, 0.15) is 86.4 Å². The van der Waals surface area contributed by atoms with Crippen molar-refractivity contribution in [2.45, 2.75) is 84.0 Å². The minimum absolute atomic E-state index is 0.0445. The highest BCUT2D eigenvalue weighted by Crippen LogP contribution is 2.65. The number of benzene rings is 2. The second kappa shape index (κ2) is 10.8. The molecule has 0 aromatic heterocycles. The fourth-order valence-electron chi connectivity index (χ4n) is 8.72. The Morgan fingerprint density at radius 2 is 1.37 bits per heavy atom. The number of rotatable bonds is 5. The highest BCUT2D eigenvalue weighted by molar-refractivity contribution is 5.90. The molecule has 4 aliphatic rings. The van der Waals surface area contributed by atoms with E-state index in [9.17, 15) is 14.4 Å². The summed E-state index contributed by atoms with van der Waals surface area (Å²) >= 11 is 0. The van der Waals surface area contributed by atoms with Crippen molar-refractivity contribution in [1.82, 2.24) is 0 Å². The van der Waals surface area contributed by atoms with E-state index < -0.39 is 0 Å². The molecule has 216 valence electrons. The summed E-state index contributed by atoms with van der Waals surface area (Å²) in [7, 11) is 0. The summed E-state index contributed by atoms with van der Waals surface area (Å²) in [5.41, 5.74) is 2.12. The van der Waals surface area contributed by atoms with Gasteiger partial charge in [-0.3, -0.25) is 4.79 Å². The topological polar surface area (TPSA) is 78.9 Å². The van der Waals surface area contributed by atoms with Gasteiger partial charge in [-0.25, -0.2) is 9.59 Å². The summed E-state index contributed by atoms with van der Waals surface area (Å²) in [4.78, 5) is 38.2. The summed E-state index contributed by atoms with van der Waals surface area (Å²) in [6.07, 6.45) is 7.61. The van der Waals surface area contributed by atoms with Crippen molar-refractivity contribution < 1.29 is 28.6 Å². The Morgan fingerprint density at radius 3 is 2.00 bits per heavy atom. The van der Waals surface area contributed by atoms with Crippen molar-refractivity contribution in [1.29, 1.82) is 0 Å². The van der Waals surface area contributed by atoms with E-state index in [1.54, 1.807) is 24.3 Å². The Balaban J connectivity index is 1.32. The first-order chi connectivity index (χ1) is 19.7. The predicted molar refractivity (Wildman–Crippen MR) is 154 cm³/mol. The molecule has 6 heteroatoms. The van der Waals surface area contributed by atoms with Crippen molar-refractivity contribution in [3.8, 4) is 0 Å². The number of ether oxygens (including phenoxy) is 3. The Kier molecular flexibility index (Phi) is 7.29. The Morgan fingerprint density at radius 1 is 0.732 bits per heavy atom. The van der Waals surface area contributed by atoms with E-state index in [1.807, 2.05) is 36.4 Å². The Bertz CT molecular complexity index is 1330. The first-order valence-corrected chi connectivity index (χ1v) is 15.1. The van der Waals surface area contributed by atoms with Crippen LogP contribution >= 0.6 is 0 Å². The second-order valence-electron chi connectivity index (χ2n) is 13.0. The molecule has 6 nitrogen and oxygen atoms in total. The SMILES string of the molecule is CC(=O)O[C@H]1CC[C@@]2(C)C(=CC(OC(=O)c3ccccc3)C3C2CC[C@@]2(C)C3CC[C@@H]2OC(=O)c2ccccc2)C1. The molecule has 0 bridgehead atoms. The maximum atomic E-state index is 13.4. The zero-order valence-corrected chi connectivity index (χ0v) is 24.2. The lowest BCUT2D eigenvalue weighted by atomic mass is 9.47. The average molecular weight is 557 g/mol. The van der Waals surface area contributed by atoms with Crippen LogP contribution in [0.25, 0.3) is 0 Å². The molecular formula is C35H40O6. The van der Waals surface area contributed by atoms with Gasteiger partial charge in [0.05, 0.1) is 11.1 Å². The highest BCUT2D eigenvalue weighted by atomic mass is 16.6. The van der Waals surface area contributed by atoms with E-state index in [4.69, 9.17) is 14.2 Å². The van der Waals surface area contributed by atoms with Crippen LogP contribution in [-0.4, -0.2) is 36.2 Å². The minimum Gasteiger partial charge on any atom is -0.462 e. The van der Waals surface area contributed by atoms with Crippen LogP contribution in [0.3, 0.4) is 0 Å². The van der Waals surface area contributed by atoms with Gasteiger partial charge in [0.25, 0.3) is 0 Å². The minimum atomic E-state index is -0.389. The summed E-state index contributed by atoms with van der Waals surface area (Å²) in [6, 6.07) is 18.4. The van der Waals surface area contributed by atoms with Crippen LogP contribution < -0.4 is 0 Å². The molecule has 8 atom stereocenters. The summed E-state index contributed by atoms with van der Waals surface area (Å²) in [5.74, 6) is -0.135. The lowest BCUT2D eigenvalue weighted by Crippen LogP contribution is -2.56. The average Bonchev–Trinajstić information content (AvgIpc) is 3.30. The van der Waals surface area contributed by atoms with Gasteiger partial charge >= 0.3 is 17.9 Å². The predicted octanol–water partition coefficient (Wildman–Crippen LogP) is 6.94. The zero-order valence-electron chi connectivity index (χ0n) is 24.2. The van der Waals surface area contributed by atoms with Crippen molar-refractivity contribution in [3.63, 3.8) is 0 Å². The third-order valence-corrected chi connectivity index (χ3v) is 10.8. The molecule has 3 fully saturated rings. The van der Waals surface area contributed by atoms with Crippen molar-refractivity contribution >= 4 is 17.9 Å². The molecule has 0 heterocycles. The third kappa shape index (κ3) is 5.00. The van der Waals surface area contributed by atoms with E-state index >= 15 is 0 Å². The van der Waals surface area contributed by atoms with Gasteiger partial charge in [0.1, 0.15) is 18.3 Å². The molecule has 0 radical (unpaired) electrons. The molecule has 0 saturated heterocycles. The Labute approximate surface area is 242 Å². The molecule has 3 saturated carbocycles. The van der Waals surface area contributed by atoms with Gasteiger partial charge in [0.15, 0.2) is 0 Å². The molecule has 0 aliphatic heterocycles. The first-order valence-electron chi connectivity index (χ1n) is 15.1. The number of hydrogen-bond acceptors (Lipinski definition) is 6. The summed E-state index contributed by atoms with van der Waals surface area (Å²) < 4.78 is 18.2. The van der Waals surface area contributed by atoms with Gasteiger partial charge in [-0.1, -0.05) is 55.8 Å². The van der Waals surface area contributed by atoms with Crippen LogP contribution in [0, 0.1) is 28.6 Å². The molecule has 4 aliphatic carbocycles. The fraction of sp³-hybridized carbons (Fsp3) is 0.514. The van der Waals surface area contributed by atoms with Gasteiger partial charge in [0.2, 0.25) is 0 Å². The number of hydrogen-bond donors (Lipinski definition) is 0. The van der Waals surface area contributed by atoms with E-state index in [-0.39, 0.29) is 58.9 Å². The van der Waals surface area contributed by atoms with Crippen LogP contribution in [0.2, 0.25) is 0 Å². The lowest BCUT2D eigenvalue weighted by molar-refractivity contribution is -0.149. The van der Waals surface area contributed by atoms with E-state index in [2.05, 4.69) is 19.9 Å². The van der Waals surface area contributed by atoms with Gasteiger partial charge in [-0.2, -0.15) is 0 Å². The number of carbonyl (C=O) groups excluding carboxylic acids is 3. The normalized spacial score (nSPS) is 35.6. The molecule has 0 spiro atoms. The van der Waals surface area contributed by atoms with Gasteiger partial charge < -0.3 is 14.2 Å². The third-order valence-electron chi connectivity index (χ3n) is 10.8. The van der Waals surface area contributed by atoms with Gasteiger partial charge in [0, 0.05) is 24.7 Å². The van der Waals surface area contributed by atoms with Crippen LogP contribution in [0.15, 0.2) is 72.3 Å². The summed E-state index contributed by atoms with van der Waals surface area (Å²) in [5, 5.41) is 0. The highest BCUT2D eigenvalue weighted by Gasteiger charge is 2.62. The molecule has 41 heavy (non-hydrogen) atoms. The molecule has 4 unspecified atom stereocenters. The standard InChI is InChI=1S/C35H40O6/c1-22(36)39-26-16-18-34(2)25(20-26)21-29(40-32(37)23-10-6-4-7-11-23)31-27-14-15-30(35(27,3)19-17-28(31)34)41-33(38)24-12-8-5-9-13-24/h4-13,21,26-31H,14-20H2,1-3H3/t26-,27?,28?,29?,30-,31?,34-,35-/m0/s1. The van der Waals surface area contributed by atoms with E-state index in [0.717, 1.165) is 38.5 Å². The van der Waals surface area contributed by atoms with Crippen molar-refractivity contribution in [3.05, 3.63) is 83.4 Å². The summed E-state index contributed by atoms with van der Waals surface area (Å²) in [6.45, 7) is 6.10. The maximum Gasteiger partial charge on any atom is 0.338 e. The van der Waals surface area contributed by atoms with Crippen LogP contribution in [0.5, 0.6) is 0 Å². The molecule has 6 rings (SSSR count). The van der Waals surface area contributed by atoms with Gasteiger partial charge in [-0.05, 0) is 86.1 Å².